The summed E-state index contributed by atoms with van der Waals surface area (Å²) >= 11 is 7.00. The highest BCUT2D eigenvalue weighted by molar-refractivity contribution is 7.80. The molecule has 172 valence electrons. The number of rotatable bonds is 6. The van der Waals surface area contributed by atoms with E-state index in [9.17, 15) is 4.79 Å². The molecule has 7 heteroatoms. The average molecular weight is 496 g/mol. The molecule has 0 fully saturated rings. The fourth-order valence-electron chi connectivity index (χ4n) is 3.50. The number of carbonyl (C=O) groups is 1. The summed E-state index contributed by atoms with van der Waals surface area (Å²) in [5, 5.41) is 6.97. The van der Waals surface area contributed by atoms with E-state index in [4.69, 9.17) is 17.0 Å². The van der Waals surface area contributed by atoms with Crippen molar-refractivity contribution in [1.82, 2.24) is 10.3 Å². The molecule has 0 unspecified atom stereocenters. The standard InChI is InChI=1S/C28H21N3O2S2/c32-26(21-9-6-10-23(17-21)33-18-19-7-2-1-3-8-19)31-28(34)29-22-15-13-20(14-16-22)27-30-24-11-4-5-12-25(24)35-27/h1-17H,18H2,(H2,29,31,32,34). The smallest absolute Gasteiger partial charge is 0.257 e. The number of hydrogen-bond acceptors (Lipinski definition) is 5. The lowest BCUT2D eigenvalue weighted by atomic mass is 10.2. The summed E-state index contributed by atoms with van der Waals surface area (Å²) in [4.78, 5) is 17.4. The summed E-state index contributed by atoms with van der Waals surface area (Å²) in [6.45, 7) is 0.429. The number of carbonyl (C=O) groups excluding carboxylic acids is 1. The minimum absolute atomic E-state index is 0.221. The number of thiocarbonyl (C=S) groups is 1. The van der Waals surface area contributed by atoms with Crippen LogP contribution in [-0.2, 0) is 6.61 Å². The summed E-state index contributed by atoms with van der Waals surface area (Å²) in [5.74, 6) is 0.310. The van der Waals surface area contributed by atoms with E-state index < -0.39 is 0 Å². The molecule has 0 aliphatic heterocycles. The zero-order valence-electron chi connectivity index (χ0n) is 18.6. The molecule has 5 rings (SSSR count). The van der Waals surface area contributed by atoms with Gasteiger partial charge in [-0.2, -0.15) is 0 Å². The van der Waals surface area contributed by atoms with Crippen LogP contribution in [0.4, 0.5) is 5.69 Å². The quantitative estimate of drug-likeness (QED) is 0.258. The first-order valence-electron chi connectivity index (χ1n) is 11.0. The molecule has 0 spiro atoms. The van der Waals surface area contributed by atoms with E-state index in [1.807, 2.05) is 78.9 Å². The monoisotopic (exact) mass is 495 g/mol. The van der Waals surface area contributed by atoms with Crippen molar-refractivity contribution in [3.8, 4) is 16.3 Å². The molecule has 0 radical (unpaired) electrons. The molecular weight excluding hydrogens is 474 g/mol. The molecular formula is C28H21N3O2S2. The third-order valence-electron chi connectivity index (χ3n) is 5.26. The zero-order valence-corrected chi connectivity index (χ0v) is 20.2. The molecule has 0 aliphatic rings. The number of nitrogens with one attached hydrogen (secondary N) is 2. The lowest BCUT2D eigenvalue weighted by Crippen LogP contribution is -2.34. The Labute approximate surface area is 212 Å². The topological polar surface area (TPSA) is 63.2 Å². The Morgan fingerprint density at radius 3 is 2.46 bits per heavy atom. The van der Waals surface area contributed by atoms with Crippen LogP contribution in [0, 0.1) is 0 Å². The predicted molar refractivity (Wildman–Crippen MR) is 146 cm³/mol. The number of nitrogens with zero attached hydrogens (tertiary/aromatic N) is 1. The van der Waals surface area contributed by atoms with Crippen molar-refractivity contribution in [2.24, 2.45) is 0 Å². The highest BCUT2D eigenvalue weighted by Crippen LogP contribution is 2.30. The molecule has 35 heavy (non-hydrogen) atoms. The van der Waals surface area contributed by atoms with Crippen molar-refractivity contribution < 1.29 is 9.53 Å². The Morgan fingerprint density at radius 2 is 1.66 bits per heavy atom. The number of fused-ring (bicyclic) bond motifs is 1. The van der Waals surface area contributed by atoms with Crippen LogP contribution in [0.2, 0.25) is 0 Å². The Kier molecular flexibility index (Phi) is 6.79. The molecule has 0 bridgehead atoms. The van der Waals surface area contributed by atoms with Crippen LogP contribution in [0.3, 0.4) is 0 Å². The second-order valence-corrected chi connectivity index (χ2v) is 9.21. The van der Waals surface area contributed by atoms with Crippen LogP contribution >= 0.6 is 23.6 Å². The van der Waals surface area contributed by atoms with Gasteiger partial charge in [-0.25, -0.2) is 4.98 Å². The second-order valence-electron chi connectivity index (χ2n) is 7.77. The summed E-state index contributed by atoms with van der Waals surface area (Å²) in [7, 11) is 0. The van der Waals surface area contributed by atoms with E-state index in [1.165, 1.54) is 0 Å². The van der Waals surface area contributed by atoms with E-state index in [0.29, 0.717) is 17.9 Å². The van der Waals surface area contributed by atoms with E-state index in [0.717, 1.165) is 32.0 Å². The Balaban J connectivity index is 1.18. The van der Waals surface area contributed by atoms with Gasteiger partial charge in [0.1, 0.15) is 17.4 Å². The van der Waals surface area contributed by atoms with Crippen LogP contribution in [0.25, 0.3) is 20.8 Å². The largest absolute Gasteiger partial charge is 0.489 e. The van der Waals surface area contributed by atoms with Gasteiger partial charge >= 0.3 is 0 Å². The van der Waals surface area contributed by atoms with Crippen molar-refractivity contribution in [2.45, 2.75) is 6.61 Å². The summed E-state index contributed by atoms with van der Waals surface area (Å²) < 4.78 is 6.97. The first-order valence-corrected chi connectivity index (χ1v) is 12.2. The van der Waals surface area contributed by atoms with Crippen molar-refractivity contribution in [3.05, 3.63) is 114 Å². The highest BCUT2D eigenvalue weighted by atomic mass is 32.1. The number of para-hydroxylation sites is 1. The number of ether oxygens (including phenoxy) is 1. The van der Waals surface area contributed by atoms with Crippen molar-refractivity contribution in [1.29, 1.82) is 0 Å². The SMILES string of the molecule is O=C(NC(=S)Nc1ccc(-c2nc3ccccc3s2)cc1)c1cccc(OCc2ccccc2)c1. The number of hydrogen-bond donors (Lipinski definition) is 2. The Hall–Kier alpha value is -4.07. The van der Waals surface area contributed by atoms with Crippen molar-refractivity contribution >= 4 is 50.5 Å². The maximum Gasteiger partial charge on any atom is 0.257 e. The molecule has 0 aliphatic carbocycles. The van der Waals surface area contributed by atoms with E-state index in [2.05, 4.69) is 21.7 Å². The first kappa shape index (κ1) is 22.7. The van der Waals surface area contributed by atoms with Gasteiger partial charge in [-0.3, -0.25) is 10.1 Å². The fraction of sp³-hybridized carbons (Fsp3) is 0.0357. The third-order valence-corrected chi connectivity index (χ3v) is 6.54. The number of thiazole rings is 1. The van der Waals surface area contributed by atoms with Gasteiger partial charge in [-0.05, 0) is 72.4 Å². The van der Waals surface area contributed by atoms with E-state index >= 15 is 0 Å². The molecule has 0 atom stereocenters. The van der Waals surface area contributed by atoms with Crippen LogP contribution in [0.1, 0.15) is 15.9 Å². The van der Waals surface area contributed by atoms with Gasteiger partial charge < -0.3 is 10.1 Å². The zero-order chi connectivity index (χ0) is 24.0. The maximum absolute atomic E-state index is 12.7. The summed E-state index contributed by atoms with van der Waals surface area (Å²) in [5.41, 5.74) is 4.32. The predicted octanol–water partition coefficient (Wildman–Crippen LogP) is 6.67. The number of aromatic nitrogens is 1. The molecule has 5 nitrogen and oxygen atoms in total. The molecule has 4 aromatic carbocycles. The summed E-state index contributed by atoms with van der Waals surface area (Å²) in [6.07, 6.45) is 0. The minimum Gasteiger partial charge on any atom is -0.489 e. The summed E-state index contributed by atoms with van der Waals surface area (Å²) in [6, 6.07) is 32.8. The van der Waals surface area contributed by atoms with E-state index in [-0.39, 0.29) is 11.0 Å². The Bertz CT molecular complexity index is 1450. The third kappa shape index (κ3) is 5.71. The number of anilines is 1. The van der Waals surface area contributed by atoms with Gasteiger partial charge in [0.25, 0.3) is 5.91 Å². The molecule has 5 aromatic rings. The van der Waals surface area contributed by atoms with Crippen LogP contribution < -0.4 is 15.4 Å². The van der Waals surface area contributed by atoms with Crippen molar-refractivity contribution in [2.75, 3.05) is 5.32 Å². The van der Waals surface area contributed by atoms with Gasteiger partial charge in [0, 0.05) is 16.8 Å². The Morgan fingerprint density at radius 1 is 0.886 bits per heavy atom. The number of amides is 1. The van der Waals surface area contributed by atoms with Gasteiger partial charge in [-0.15, -0.1) is 11.3 Å². The molecule has 1 aromatic heterocycles. The van der Waals surface area contributed by atoms with Gasteiger partial charge in [0.05, 0.1) is 10.2 Å². The lowest BCUT2D eigenvalue weighted by molar-refractivity contribution is 0.0977. The van der Waals surface area contributed by atoms with Crippen molar-refractivity contribution in [3.63, 3.8) is 0 Å². The van der Waals surface area contributed by atoms with Crippen LogP contribution in [0.15, 0.2) is 103 Å². The molecule has 2 N–H and O–H groups in total. The van der Waals surface area contributed by atoms with Crippen LogP contribution in [0.5, 0.6) is 5.75 Å². The molecule has 0 saturated carbocycles. The molecule has 1 heterocycles. The van der Waals surface area contributed by atoms with Crippen LogP contribution in [-0.4, -0.2) is 16.0 Å². The lowest BCUT2D eigenvalue weighted by Gasteiger charge is -2.11. The van der Waals surface area contributed by atoms with E-state index in [1.54, 1.807) is 29.5 Å². The molecule has 0 saturated heterocycles. The van der Waals surface area contributed by atoms with Gasteiger partial charge in [0.15, 0.2) is 5.11 Å². The second kappa shape index (κ2) is 10.5. The van der Waals surface area contributed by atoms with Gasteiger partial charge in [0.2, 0.25) is 0 Å². The first-order chi connectivity index (χ1) is 17.1. The average Bonchev–Trinajstić information content (AvgIpc) is 3.33. The highest BCUT2D eigenvalue weighted by Gasteiger charge is 2.10. The fourth-order valence-corrected chi connectivity index (χ4v) is 4.68. The minimum atomic E-state index is -0.307. The number of benzene rings is 4. The van der Waals surface area contributed by atoms with Gasteiger partial charge in [-0.1, -0.05) is 48.5 Å². The normalized spacial score (nSPS) is 10.6. The maximum atomic E-state index is 12.7. The molecule has 1 amide bonds.